The van der Waals surface area contributed by atoms with Crippen molar-refractivity contribution in [3.8, 4) is 0 Å². The largest absolute Gasteiger partial charge is 0.356 e. The molecule has 0 aliphatic carbocycles. The van der Waals surface area contributed by atoms with E-state index in [9.17, 15) is 0 Å². The predicted molar refractivity (Wildman–Crippen MR) is 105 cm³/mol. The van der Waals surface area contributed by atoms with E-state index in [1.54, 1.807) is 0 Å². The number of pyridine rings is 1. The first kappa shape index (κ1) is 20.3. The van der Waals surface area contributed by atoms with E-state index in [0.29, 0.717) is 0 Å². The molecule has 2 aromatic rings. The number of nitrogens with zero attached hydrogens (tertiary/aromatic N) is 4. The molecule has 0 saturated heterocycles. The van der Waals surface area contributed by atoms with Crippen LogP contribution in [0.4, 0.5) is 5.82 Å². The number of hydrogen-bond acceptors (Lipinski definition) is 4. The van der Waals surface area contributed by atoms with E-state index in [0.717, 1.165) is 42.4 Å². The Kier molecular flexibility index (Phi) is 8.66. The summed E-state index contributed by atoms with van der Waals surface area (Å²) in [6.07, 6.45) is 4.77. The Morgan fingerprint density at radius 3 is 2.38 bits per heavy atom. The van der Waals surface area contributed by atoms with Gasteiger partial charge in [-0.15, -0.1) is 0 Å². The van der Waals surface area contributed by atoms with Gasteiger partial charge in [-0.2, -0.15) is 0 Å². The molecule has 4 heteroatoms. The summed E-state index contributed by atoms with van der Waals surface area (Å²) in [6.45, 7) is 16.4. The summed E-state index contributed by atoms with van der Waals surface area (Å²) in [5, 5.41) is 1.17. The zero-order valence-electron chi connectivity index (χ0n) is 16.6. The maximum absolute atomic E-state index is 4.70. The summed E-state index contributed by atoms with van der Waals surface area (Å²) in [5.74, 6) is 1.95. The number of unbranched alkanes of at least 4 members (excludes halogenated alkanes) is 2. The van der Waals surface area contributed by atoms with Gasteiger partial charge in [-0.05, 0) is 26.3 Å². The van der Waals surface area contributed by atoms with Crippen molar-refractivity contribution >= 4 is 16.7 Å². The lowest BCUT2D eigenvalue weighted by molar-refractivity contribution is 0.659. The molecule has 2 aromatic heterocycles. The standard InChI is InChI=1S/C16H22N4.2C2H6/c1-4-5-6-8-20-9-7-13-15-14(10-11(2)17-13)18-12(3)19-16(15)20;2*1-2/h10H,4-9H2,1-3H3;2*1-2H3. The van der Waals surface area contributed by atoms with Crippen LogP contribution in [-0.4, -0.2) is 28.0 Å². The first-order valence-electron chi connectivity index (χ1n) is 9.59. The molecule has 0 fully saturated rings. The van der Waals surface area contributed by atoms with Crippen LogP contribution < -0.4 is 4.90 Å². The van der Waals surface area contributed by atoms with Crippen molar-refractivity contribution in [2.45, 2.75) is 74.1 Å². The fourth-order valence-electron chi connectivity index (χ4n) is 2.99. The lowest BCUT2D eigenvalue weighted by Crippen LogP contribution is -2.32. The molecule has 3 heterocycles. The lowest BCUT2D eigenvalue weighted by Gasteiger charge is -2.29. The molecule has 0 saturated carbocycles. The molecule has 134 valence electrons. The van der Waals surface area contributed by atoms with Crippen molar-refractivity contribution in [2.24, 2.45) is 0 Å². The fourth-order valence-corrected chi connectivity index (χ4v) is 2.99. The number of rotatable bonds is 4. The van der Waals surface area contributed by atoms with Crippen molar-refractivity contribution in [1.82, 2.24) is 15.0 Å². The van der Waals surface area contributed by atoms with E-state index < -0.39 is 0 Å². The van der Waals surface area contributed by atoms with Gasteiger partial charge in [0.15, 0.2) is 0 Å². The molecule has 0 amide bonds. The first-order valence-corrected chi connectivity index (χ1v) is 9.59. The number of anilines is 1. The molecule has 3 rings (SSSR count). The molecule has 0 bridgehead atoms. The molecular weight excluding hydrogens is 296 g/mol. The highest BCUT2D eigenvalue weighted by molar-refractivity contribution is 5.93. The van der Waals surface area contributed by atoms with Gasteiger partial charge in [0.2, 0.25) is 0 Å². The van der Waals surface area contributed by atoms with E-state index in [1.165, 1.54) is 30.3 Å². The van der Waals surface area contributed by atoms with E-state index in [2.05, 4.69) is 27.9 Å². The van der Waals surface area contributed by atoms with Crippen LogP contribution in [0.25, 0.3) is 10.9 Å². The van der Waals surface area contributed by atoms with Crippen LogP contribution in [0.2, 0.25) is 0 Å². The van der Waals surface area contributed by atoms with Crippen molar-refractivity contribution in [1.29, 1.82) is 0 Å². The third kappa shape index (κ3) is 4.65. The summed E-state index contributed by atoms with van der Waals surface area (Å²) < 4.78 is 0. The molecule has 0 atom stereocenters. The van der Waals surface area contributed by atoms with Gasteiger partial charge in [0.05, 0.1) is 16.6 Å². The minimum absolute atomic E-state index is 0.853. The highest BCUT2D eigenvalue weighted by Crippen LogP contribution is 2.31. The summed E-state index contributed by atoms with van der Waals surface area (Å²) >= 11 is 0. The third-order valence-electron chi connectivity index (χ3n) is 3.92. The van der Waals surface area contributed by atoms with Crippen LogP contribution in [0, 0.1) is 13.8 Å². The SMILES string of the molecule is CC.CC.CCCCCN1CCc2nc(C)cc3nc(C)nc1c23. The van der Waals surface area contributed by atoms with Crippen LogP contribution in [0.5, 0.6) is 0 Å². The average molecular weight is 331 g/mol. The second-order valence-corrected chi connectivity index (χ2v) is 5.64. The zero-order chi connectivity index (χ0) is 18.1. The van der Waals surface area contributed by atoms with Gasteiger partial charge in [-0.25, -0.2) is 9.97 Å². The minimum atomic E-state index is 0.853. The Morgan fingerprint density at radius 1 is 1.00 bits per heavy atom. The van der Waals surface area contributed by atoms with Crippen LogP contribution in [0.1, 0.15) is 71.1 Å². The molecule has 24 heavy (non-hydrogen) atoms. The summed E-state index contributed by atoms with van der Waals surface area (Å²) in [5.41, 5.74) is 3.27. The third-order valence-corrected chi connectivity index (χ3v) is 3.92. The first-order chi connectivity index (χ1) is 11.7. The molecule has 0 radical (unpaired) electrons. The minimum Gasteiger partial charge on any atom is -0.356 e. The number of hydrogen-bond donors (Lipinski definition) is 0. The van der Waals surface area contributed by atoms with Gasteiger partial charge >= 0.3 is 0 Å². The van der Waals surface area contributed by atoms with Gasteiger partial charge < -0.3 is 4.90 Å². The van der Waals surface area contributed by atoms with Crippen LogP contribution in [-0.2, 0) is 6.42 Å². The molecular formula is C20H34N4. The highest BCUT2D eigenvalue weighted by Gasteiger charge is 2.22. The number of aromatic nitrogens is 3. The van der Waals surface area contributed by atoms with E-state index in [-0.39, 0.29) is 0 Å². The molecule has 0 spiro atoms. The van der Waals surface area contributed by atoms with Gasteiger partial charge in [0.1, 0.15) is 11.6 Å². The molecule has 0 aromatic carbocycles. The van der Waals surface area contributed by atoms with Crippen molar-refractivity contribution in [3.63, 3.8) is 0 Å². The maximum atomic E-state index is 4.70. The average Bonchev–Trinajstić information content (AvgIpc) is 2.60. The fraction of sp³-hybridized carbons (Fsp3) is 0.650. The van der Waals surface area contributed by atoms with Crippen LogP contribution in [0.15, 0.2) is 6.07 Å². The van der Waals surface area contributed by atoms with Crippen molar-refractivity contribution < 1.29 is 0 Å². The molecule has 4 nitrogen and oxygen atoms in total. The van der Waals surface area contributed by atoms with E-state index >= 15 is 0 Å². The highest BCUT2D eigenvalue weighted by atomic mass is 15.2. The molecule has 1 aliphatic heterocycles. The molecule has 1 aliphatic rings. The van der Waals surface area contributed by atoms with Crippen molar-refractivity contribution in [2.75, 3.05) is 18.0 Å². The van der Waals surface area contributed by atoms with E-state index in [4.69, 9.17) is 4.98 Å². The summed E-state index contributed by atoms with van der Waals surface area (Å²) in [7, 11) is 0. The molecule has 0 N–H and O–H groups in total. The van der Waals surface area contributed by atoms with E-state index in [1.807, 2.05) is 41.5 Å². The van der Waals surface area contributed by atoms with Gasteiger partial charge in [-0.1, -0.05) is 47.5 Å². The Morgan fingerprint density at radius 2 is 1.71 bits per heavy atom. The van der Waals surface area contributed by atoms with Gasteiger partial charge in [0, 0.05) is 25.2 Å². The Bertz CT molecular complexity index is 632. The zero-order valence-corrected chi connectivity index (χ0v) is 16.6. The van der Waals surface area contributed by atoms with Gasteiger partial charge in [0.25, 0.3) is 0 Å². The van der Waals surface area contributed by atoms with Gasteiger partial charge in [-0.3, -0.25) is 4.98 Å². The van der Waals surface area contributed by atoms with Crippen LogP contribution >= 0.6 is 0 Å². The second kappa shape index (κ2) is 10.2. The number of aryl methyl sites for hydroxylation is 2. The predicted octanol–water partition coefficient (Wildman–Crippen LogP) is 5.25. The quantitative estimate of drug-likeness (QED) is 0.718. The lowest BCUT2D eigenvalue weighted by atomic mass is 10.1. The second-order valence-electron chi connectivity index (χ2n) is 5.64. The van der Waals surface area contributed by atoms with Crippen LogP contribution in [0.3, 0.4) is 0 Å². The normalized spacial score (nSPS) is 12.2. The summed E-state index contributed by atoms with van der Waals surface area (Å²) in [6, 6.07) is 2.08. The Balaban J connectivity index is 0.000000671. The van der Waals surface area contributed by atoms with Crippen molar-refractivity contribution in [3.05, 3.63) is 23.3 Å². The Labute approximate surface area is 147 Å². The Hall–Kier alpha value is -1.71. The summed E-state index contributed by atoms with van der Waals surface area (Å²) in [4.78, 5) is 16.4. The topological polar surface area (TPSA) is 41.9 Å². The maximum Gasteiger partial charge on any atom is 0.142 e. The monoisotopic (exact) mass is 330 g/mol. The smallest absolute Gasteiger partial charge is 0.142 e. The molecule has 0 unspecified atom stereocenters.